The number of carbonyl (C=O) groups is 1. The maximum atomic E-state index is 12.5. The number of ether oxygens (including phenoxy) is 1. The quantitative estimate of drug-likeness (QED) is 0.251. The van der Waals surface area contributed by atoms with Crippen molar-refractivity contribution >= 4 is 23.4 Å². The van der Waals surface area contributed by atoms with E-state index in [2.05, 4.69) is 5.32 Å². The van der Waals surface area contributed by atoms with E-state index in [4.69, 9.17) is 9.15 Å². The number of furan rings is 1. The highest BCUT2D eigenvalue weighted by Gasteiger charge is 2.16. The van der Waals surface area contributed by atoms with Crippen LogP contribution in [0.15, 0.2) is 64.6 Å². The number of nitrogens with one attached hydrogen (secondary N) is 1. The van der Waals surface area contributed by atoms with Crippen LogP contribution in [0.5, 0.6) is 5.75 Å². The van der Waals surface area contributed by atoms with Crippen LogP contribution < -0.4 is 10.1 Å². The standard InChI is InChI=1S/C23H19N3O5/c1-3-15-4-6-17(7-5-15)25-23(27)16(14-24)12-19-9-11-21(31-19)20-10-8-18(26(28)29)13-22(20)30-2/h4-13H,3H2,1-2H3,(H,25,27)/b16-12+. The first-order chi connectivity index (χ1) is 14.9. The van der Waals surface area contributed by atoms with E-state index in [0.29, 0.717) is 17.0 Å². The lowest BCUT2D eigenvalue weighted by Crippen LogP contribution is -2.13. The summed E-state index contributed by atoms with van der Waals surface area (Å²) in [4.78, 5) is 22.9. The first-order valence-electron chi connectivity index (χ1n) is 9.40. The van der Waals surface area contributed by atoms with Gasteiger partial charge in [-0.2, -0.15) is 5.26 Å². The fraction of sp³-hybridized carbons (Fsp3) is 0.130. The van der Waals surface area contributed by atoms with Gasteiger partial charge in [-0.25, -0.2) is 0 Å². The zero-order valence-electron chi connectivity index (χ0n) is 16.9. The highest BCUT2D eigenvalue weighted by molar-refractivity contribution is 6.09. The number of aryl methyl sites for hydroxylation is 1. The second kappa shape index (κ2) is 9.41. The van der Waals surface area contributed by atoms with Crippen molar-refractivity contribution in [3.63, 3.8) is 0 Å². The minimum absolute atomic E-state index is 0.109. The second-order valence-electron chi connectivity index (χ2n) is 6.52. The predicted molar refractivity (Wildman–Crippen MR) is 115 cm³/mol. The Balaban J connectivity index is 1.82. The molecule has 156 valence electrons. The average molecular weight is 417 g/mol. The van der Waals surface area contributed by atoms with E-state index in [1.54, 1.807) is 24.3 Å². The summed E-state index contributed by atoms with van der Waals surface area (Å²) in [6.45, 7) is 2.04. The number of hydrogen-bond acceptors (Lipinski definition) is 6. The van der Waals surface area contributed by atoms with Gasteiger partial charge in [0.25, 0.3) is 11.6 Å². The lowest BCUT2D eigenvalue weighted by Gasteiger charge is -2.06. The molecule has 31 heavy (non-hydrogen) atoms. The van der Waals surface area contributed by atoms with Crippen molar-refractivity contribution in [3.05, 3.63) is 81.6 Å². The topological polar surface area (TPSA) is 118 Å². The molecule has 2 aromatic carbocycles. The summed E-state index contributed by atoms with van der Waals surface area (Å²) in [6, 6.07) is 16.6. The van der Waals surface area contributed by atoms with Gasteiger partial charge in [0.1, 0.15) is 28.9 Å². The number of nitriles is 1. The Labute approximate surface area is 178 Å². The van der Waals surface area contributed by atoms with Gasteiger partial charge in [-0.1, -0.05) is 19.1 Å². The number of nitro benzene ring substituents is 1. The van der Waals surface area contributed by atoms with E-state index in [1.807, 2.05) is 25.1 Å². The molecule has 1 N–H and O–H groups in total. The summed E-state index contributed by atoms with van der Waals surface area (Å²) in [5.74, 6) is 0.375. The van der Waals surface area contributed by atoms with E-state index >= 15 is 0 Å². The summed E-state index contributed by atoms with van der Waals surface area (Å²) in [5.41, 5.74) is 1.99. The Morgan fingerprint density at radius 2 is 1.97 bits per heavy atom. The zero-order chi connectivity index (χ0) is 22.4. The van der Waals surface area contributed by atoms with E-state index in [1.165, 1.54) is 31.4 Å². The van der Waals surface area contributed by atoms with Crippen molar-refractivity contribution in [2.75, 3.05) is 12.4 Å². The van der Waals surface area contributed by atoms with Crippen LogP contribution in [0.3, 0.4) is 0 Å². The monoisotopic (exact) mass is 417 g/mol. The van der Waals surface area contributed by atoms with Gasteiger partial charge in [0.05, 0.1) is 23.7 Å². The minimum atomic E-state index is -0.558. The van der Waals surface area contributed by atoms with Gasteiger partial charge in [-0.15, -0.1) is 0 Å². The maximum Gasteiger partial charge on any atom is 0.273 e. The average Bonchev–Trinajstić information content (AvgIpc) is 3.25. The molecule has 0 fully saturated rings. The molecule has 0 radical (unpaired) electrons. The van der Waals surface area contributed by atoms with Crippen LogP contribution in [-0.4, -0.2) is 17.9 Å². The first-order valence-corrected chi connectivity index (χ1v) is 9.40. The number of rotatable bonds is 7. The largest absolute Gasteiger partial charge is 0.496 e. The molecular formula is C23H19N3O5. The van der Waals surface area contributed by atoms with Gasteiger partial charge in [-0.05, 0) is 42.3 Å². The molecule has 0 atom stereocenters. The van der Waals surface area contributed by atoms with Crippen molar-refractivity contribution in [1.29, 1.82) is 5.26 Å². The fourth-order valence-corrected chi connectivity index (χ4v) is 2.89. The second-order valence-corrected chi connectivity index (χ2v) is 6.52. The number of anilines is 1. The Bertz CT molecular complexity index is 1190. The van der Waals surface area contributed by atoms with Gasteiger partial charge in [-0.3, -0.25) is 14.9 Å². The van der Waals surface area contributed by atoms with Crippen molar-refractivity contribution in [2.45, 2.75) is 13.3 Å². The molecule has 0 saturated heterocycles. The van der Waals surface area contributed by atoms with Crippen LogP contribution in [0, 0.1) is 21.4 Å². The van der Waals surface area contributed by atoms with Crippen LogP contribution >= 0.6 is 0 Å². The number of nitrogens with zero attached hydrogens (tertiary/aromatic N) is 2. The Morgan fingerprint density at radius 3 is 2.58 bits per heavy atom. The van der Waals surface area contributed by atoms with Gasteiger partial charge in [0.2, 0.25) is 0 Å². The van der Waals surface area contributed by atoms with E-state index in [9.17, 15) is 20.2 Å². The summed E-state index contributed by atoms with van der Waals surface area (Å²) >= 11 is 0. The molecule has 1 aromatic heterocycles. The SMILES string of the molecule is CCc1ccc(NC(=O)/C(C#N)=C/c2ccc(-c3ccc([N+](=O)[O-])cc3OC)o2)cc1. The van der Waals surface area contributed by atoms with Crippen molar-refractivity contribution in [2.24, 2.45) is 0 Å². The molecule has 1 heterocycles. The number of non-ortho nitro benzene ring substituents is 1. The third-order valence-corrected chi connectivity index (χ3v) is 4.56. The van der Waals surface area contributed by atoms with Gasteiger partial charge >= 0.3 is 0 Å². The first kappa shape index (κ1) is 21.3. The van der Waals surface area contributed by atoms with Crippen molar-refractivity contribution in [1.82, 2.24) is 0 Å². The lowest BCUT2D eigenvalue weighted by molar-refractivity contribution is -0.384. The van der Waals surface area contributed by atoms with Crippen LogP contribution in [-0.2, 0) is 11.2 Å². The molecule has 0 aliphatic heterocycles. The smallest absolute Gasteiger partial charge is 0.273 e. The number of amides is 1. The molecule has 0 aliphatic carbocycles. The highest BCUT2D eigenvalue weighted by atomic mass is 16.6. The normalized spacial score (nSPS) is 10.9. The Hall–Kier alpha value is -4.38. The molecule has 1 amide bonds. The maximum absolute atomic E-state index is 12.5. The number of methoxy groups -OCH3 is 1. The van der Waals surface area contributed by atoms with Gasteiger partial charge in [0.15, 0.2) is 0 Å². The molecular weight excluding hydrogens is 398 g/mol. The van der Waals surface area contributed by atoms with Crippen LogP contribution in [0.1, 0.15) is 18.2 Å². The van der Waals surface area contributed by atoms with E-state index < -0.39 is 10.8 Å². The summed E-state index contributed by atoms with van der Waals surface area (Å²) in [5, 5.41) is 23.0. The number of benzene rings is 2. The molecule has 0 bridgehead atoms. The van der Waals surface area contributed by atoms with E-state index in [-0.39, 0.29) is 22.8 Å². The number of carbonyl (C=O) groups excluding carboxylic acids is 1. The molecule has 0 spiro atoms. The predicted octanol–water partition coefficient (Wildman–Crippen LogP) is 4.97. The highest BCUT2D eigenvalue weighted by Crippen LogP contribution is 2.34. The molecule has 8 heteroatoms. The zero-order valence-corrected chi connectivity index (χ0v) is 16.9. The van der Waals surface area contributed by atoms with Gasteiger partial charge < -0.3 is 14.5 Å². The van der Waals surface area contributed by atoms with Crippen molar-refractivity contribution < 1.29 is 18.9 Å². The summed E-state index contributed by atoms with van der Waals surface area (Å²) < 4.78 is 10.9. The lowest BCUT2D eigenvalue weighted by atomic mass is 10.1. The van der Waals surface area contributed by atoms with E-state index in [0.717, 1.165) is 12.0 Å². The fourth-order valence-electron chi connectivity index (χ4n) is 2.89. The molecule has 3 rings (SSSR count). The minimum Gasteiger partial charge on any atom is -0.496 e. The number of hydrogen-bond donors (Lipinski definition) is 1. The molecule has 0 saturated carbocycles. The Morgan fingerprint density at radius 1 is 1.23 bits per heavy atom. The molecule has 3 aromatic rings. The van der Waals surface area contributed by atoms with Gasteiger partial charge in [0, 0.05) is 17.8 Å². The third kappa shape index (κ3) is 4.97. The summed E-state index contributed by atoms with van der Waals surface area (Å²) in [7, 11) is 1.40. The molecule has 0 unspecified atom stereocenters. The summed E-state index contributed by atoms with van der Waals surface area (Å²) in [6.07, 6.45) is 2.22. The number of nitro groups is 1. The molecule has 0 aliphatic rings. The molecule has 8 nitrogen and oxygen atoms in total. The Kier molecular flexibility index (Phi) is 6.48. The van der Waals surface area contributed by atoms with Crippen LogP contribution in [0.4, 0.5) is 11.4 Å². The third-order valence-electron chi connectivity index (χ3n) is 4.56. The van der Waals surface area contributed by atoms with Crippen LogP contribution in [0.25, 0.3) is 17.4 Å². The van der Waals surface area contributed by atoms with Crippen molar-refractivity contribution in [3.8, 4) is 23.1 Å². The van der Waals surface area contributed by atoms with Crippen LogP contribution in [0.2, 0.25) is 0 Å².